The van der Waals surface area contributed by atoms with Crippen LogP contribution in [0.3, 0.4) is 0 Å². The van der Waals surface area contributed by atoms with E-state index < -0.39 is 0 Å². The molecule has 0 unspecified atom stereocenters. The Kier molecular flexibility index (Phi) is 11.2. The predicted molar refractivity (Wildman–Crippen MR) is 113 cm³/mol. The summed E-state index contributed by atoms with van der Waals surface area (Å²) in [5.41, 5.74) is 2.15. The molecule has 0 aromatic heterocycles. The molecular formula is C24H37NO2. The maximum atomic E-state index is 5.96. The van der Waals surface area contributed by atoms with Crippen molar-refractivity contribution in [3.63, 3.8) is 0 Å². The number of hydrogen-bond acceptors (Lipinski definition) is 3. The standard InChI is InChI=1S/C24H37NO2/c1-3-5-20-26-24(27-21-6-4-2)23-15-13-22(14-16-23)12-8-11-19-25-17-9-7-10-18-25/h13-16,24H,3-7,9-11,17-21H2,1-2H3. The van der Waals surface area contributed by atoms with Crippen molar-refractivity contribution in [1.82, 2.24) is 4.90 Å². The minimum Gasteiger partial charge on any atom is -0.348 e. The first-order valence-corrected chi connectivity index (χ1v) is 10.9. The smallest absolute Gasteiger partial charge is 0.183 e. The van der Waals surface area contributed by atoms with Gasteiger partial charge in [-0.25, -0.2) is 0 Å². The quantitative estimate of drug-likeness (QED) is 0.289. The van der Waals surface area contributed by atoms with Gasteiger partial charge in [0.15, 0.2) is 6.29 Å². The summed E-state index contributed by atoms with van der Waals surface area (Å²) in [4.78, 5) is 2.53. The molecule has 0 bridgehead atoms. The molecule has 1 aromatic rings. The highest BCUT2D eigenvalue weighted by molar-refractivity contribution is 5.36. The minimum atomic E-state index is -0.260. The van der Waals surface area contributed by atoms with Gasteiger partial charge in [-0.05, 0) is 50.9 Å². The lowest BCUT2D eigenvalue weighted by Crippen LogP contribution is -2.30. The van der Waals surface area contributed by atoms with Crippen LogP contribution in [0.15, 0.2) is 24.3 Å². The predicted octanol–water partition coefficient (Wildman–Crippen LogP) is 5.55. The third-order valence-corrected chi connectivity index (χ3v) is 4.95. The highest BCUT2D eigenvalue weighted by Crippen LogP contribution is 2.20. The fraction of sp³-hybridized carbons (Fsp3) is 0.667. The molecule has 0 aliphatic carbocycles. The molecular weight excluding hydrogens is 334 g/mol. The molecule has 0 saturated carbocycles. The molecule has 1 aliphatic heterocycles. The lowest BCUT2D eigenvalue weighted by atomic mass is 10.1. The summed E-state index contributed by atoms with van der Waals surface area (Å²) in [5, 5.41) is 0. The molecule has 1 fully saturated rings. The molecule has 150 valence electrons. The summed E-state index contributed by atoms with van der Waals surface area (Å²) in [5.74, 6) is 6.62. The van der Waals surface area contributed by atoms with Gasteiger partial charge >= 0.3 is 0 Å². The molecule has 0 N–H and O–H groups in total. The second-order valence-electron chi connectivity index (χ2n) is 7.36. The Labute approximate surface area is 166 Å². The van der Waals surface area contributed by atoms with E-state index in [1.165, 1.54) is 32.4 Å². The zero-order chi connectivity index (χ0) is 19.2. The van der Waals surface area contributed by atoms with E-state index in [-0.39, 0.29) is 6.29 Å². The summed E-state index contributed by atoms with van der Waals surface area (Å²) in [6, 6.07) is 8.36. The van der Waals surface area contributed by atoms with E-state index in [2.05, 4.69) is 54.9 Å². The number of hydrogen-bond donors (Lipinski definition) is 0. The molecule has 1 aliphatic rings. The molecule has 27 heavy (non-hydrogen) atoms. The van der Waals surface area contributed by atoms with Crippen LogP contribution in [0.1, 0.15) is 82.6 Å². The zero-order valence-electron chi connectivity index (χ0n) is 17.3. The van der Waals surface area contributed by atoms with Gasteiger partial charge in [-0.15, -0.1) is 0 Å². The molecule has 0 amide bonds. The van der Waals surface area contributed by atoms with E-state index >= 15 is 0 Å². The lowest BCUT2D eigenvalue weighted by Gasteiger charge is -2.25. The van der Waals surface area contributed by atoms with Crippen molar-refractivity contribution >= 4 is 0 Å². The molecule has 2 rings (SSSR count). The van der Waals surface area contributed by atoms with Gasteiger partial charge < -0.3 is 14.4 Å². The van der Waals surface area contributed by atoms with Crippen molar-refractivity contribution < 1.29 is 9.47 Å². The number of piperidine rings is 1. The van der Waals surface area contributed by atoms with Crippen LogP contribution < -0.4 is 0 Å². The SMILES string of the molecule is CCCCOC(OCCCC)c1ccc(C#CCCN2CCCCC2)cc1. The van der Waals surface area contributed by atoms with Crippen molar-refractivity contribution in [2.24, 2.45) is 0 Å². The Balaban J connectivity index is 1.83. The van der Waals surface area contributed by atoms with Crippen LogP contribution in [0, 0.1) is 11.8 Å². The van der Waals surface area contributed by atoms with Crippen LogP contribution in [0.5, 0.6) is 0 Å². The van der Waals surface area contributed by atoms with Gasteiger partial charge in [-0.2, -0.15) is 0 Å². The number of nitrogens with zero attached hydrogens (tertiary/aromatic N) is 1. The topological polar surface area (TPSA) is 21.7 Å². The van der Waals surface area contributed by atoms with Crippen LogP contribution in [-0.4, -0.2) is 37.7 Å². The van der Waals surface area contributed by atoms with Crippen molar-refractivity contribution in [1.29, 1.82) is 0 Å². The van der Waals surface area contributed by atoms with E-state index in [1.807, 2.05) is 0 Å². The Bertz CT molecular complexity index is 542. The highest BCUT2D eigenvalue weighted by Gasteiger charge is 2.12. The van der Waals surface area contributed by atoms with E-state index in [4.69, 9.17) is 9.47 Å². The molecule has 1 aromatic carbocycles. The second kappa shape index (κ2) is 13.8. The third-order valence-electron chi connectivity index (χ3n) is 4.95. The molecule has 1 heterocycles. The summed E-state index contributed by atoms with van der Waals surface area (Å²) in [6.45, 7) is 9.42. The first-order chi connectivity index (χ1) is 13.3. The summed E-state index contributed by atoms with van der Waals surface area (Å²) >= 11 is 0. The fourth-order valence-electron chi connectivity index (χ4n) is 3.20. The number of likely N-dealkylation sites (tertiary alicyclic amines) is 1. The van der Waals surface area contributed by atoms with Crippen LogP contribution in [0.4, 0.5) is 0 Å². The largest absolute Gasteiger partial charge is 0.348 e. The Hall–Kier alpha value is -1.34. The van der Waals surface area contributed by atoms with Gasteiger partial charge in [0.2, 0.25) is 0 Å². The molecule has 0 spiro atoms. The van der Waals surface area contributed by atoms with Gasteiger partial charge in [0.1, 0.15) is 0 Å². The van der Waals surface area contributed by atoms with Crippen molar-refractivity contribution in [2.75, 3.05) is 32.8 Å². The van der Waals surface area contributed by atoms with Crippen LogP contribution in [0.25, 0.3) is 0 Å². The molecule has 0 radical (unpaired) electrons. The average Bonchev–Trinajstić information content (AvgIpc) is 2.72. The van der Waals surface area contributed by atoms with E-state index in [0.717, 1.165) is 63.0 Å². The van der Waals surface area contributed by atoms with Crippen molar-refractivity contribution in [2.45, 2.75) is 71.5 Å². The first-order valence-electron chi connectivity index (χ1n) is 10.9. The molecule has 0 atom stereocenters. The van der Waals surface area contributed by atoms with Gasteiger partial charge in [0.05, 0.1) is 13.2 Å². The van der Waals surface area contributed by atoms with Crippen molar-refractivity contribution in [3.05, 3.63) is 35.4 Å². The van der Waals surface area contributed by atoms with Gasteiger partial charge in [-0.1, -0.05) is 57.1 Å². The van der Waals surface area contributed by atoms with Crippen LogP contribution in [-0.2, 0) is 9.47 Å². The minimum absolute atomic E-state index is 0.260. The second-order valence-corrected chi connectivity index (χ2v) is 7.36. The summed E-state index contributed by atoms with van der Waals surface area (Å²) < 4.78 is 11.9. The van der Waals surface area contributed by atoms with Crippen LogP contribution >= 0.6 is 0 Å². The van der Waals surface area contributed by atoms with Gasteiger partial charge in [-0.3, -0.25) is 0 Å². The number of ether oxygens (including phenoxy) is 2. The number of rotatable bonds is 11. The maximum Gasteiger partial charge on any atom is 0.183 e. The van der Waals surface area contributed by atoms with E-state index in [1.54, 1.807) is 0 Å². The fourth-order valence-corrected chi connectivity index (χ4v) is 3.20. The monoisotopic (exact) mass is 371 g/mol. The Morgan fingerprint density at radius 3 is 2.15 bits per heavy atom. The van der Waals surface area contributed by atoms with Gasteiger partial charge in [0.25, 0.3) is 0 Å². The highest BCUT2D eigenvalue weighted by atomic mass is 16.7. The average molecular weight is 372 g/mol. The number of benzene rings is 1. The zero-order valence-corrected chi connectivity index (χ0v) is 17.3. The molecule has 3 heteroatoms. The third kappa shape index (κ3) is 8.93. The number of unbranched alkanes of at least 4 members (excludes halogenated alkanes) is 2. The summed E-state index contributed by atoms with van der Waals surface area (Å²) in [6.07, 6.45) is 9.16. The van der Waals surface area contributed by atoms with E-state index in [9.17, 15) is 0 Å². The Morgan fingerprint density at radius 1 is 0.926 bits per heavy atom. The normalized spacial score (nSPS) is 14.9. The Morgan fingerprint density at radius 2 is 1.56 bits per heavy atom. The van der Waals surface area contributed by atoms with Gasteiger partial charge in [0, 0.05) is 24.1 Å². The first kappa shape index (κ1) is 22.0. The van der Waals surface area contributed by atoms with Crippen LogP contribution in [0.2, 0.25) is 0 Å². The van der Waals surface area contributed by atoms with Crippen molar-refractivity contribution in [3.8, 4) is 11.8 Å². The van der Waals surface area contributed by atoms with E-state index in [0.29, 0.717) is 0 Å². The molecule has 1 saturated heterocycles. The maximum absolute atomic E-state index is 5.96. The summed E-state index contributed by atoms with van der Waals surface area (Å²) in [7, 11) is 0. The lowest BCUT2D eigenvalue weighted by molar-refractivity contribution is -0.148. The molecule has 3 nitrogen and oxygen atoms in total.